The number of likely N-dealkylation sites (tertiary alicyclic amines) is 1. The molecule has 2 aromatic rings. The van der Waals surface area contributed by atoms with E-state index in [9.17, 15) is 9.59 Å². The first-order chi connectivity index (χ1) is 12.2. The van der Waals surface area contributed by atoms with Gasteiger partial charge in [-0.15, -0.1) is 0 Å². The predicted molar refractivity (Wildman–Crippen MR) is 98.1 cm³/mol. The van der Waals surface area contributed by atoms with Crippen molar-refractivity contribution < 1.29 is 4.79 Å². The molecular formula is C20H25N3O2. The average Bonchev–Trinajstić information content (AvgIpc) is 2.64. The molecule has 0 bridgehead atoms. The third-order valence-electron chi connectivity index (χ3n) is 4.58. The van der Waals surface area contributed by atoms with Crippen molar-refractivity contribution in [1.29, 1.82) is 0 Å². The van der Waals surface area contributed by atoms with Crippen molar-refractivity contribution in [1.82, 2.24) is 14.8 Å². The number of pyridine rings is 1. The summed E-state index contributed by atoms with van der Waals surface area (Å²) in [4.78, 5) is 26.1. The molecule has 3 rings (SSSR count). The average molecular weight is 339 g/mol. The largest absolute Gasteiger partial charge is 0.350 e. The highest BCUT2D eigenvalue weighted by Crippen LogP contribution is 2.13. The molecular weight excluding hydrogens is 314 g/mol. The first-order valence-electron chi connectivity index (χ1n) is 8.93. The summed E-state index contributed by atoms with van der Waals surface area (Å²) in [5, 5.41) is 2.87. The molecule has 5 nitrogen and oxygen atoms in total. The van der Waals surface area contributed by atoms with Crippen LogP contribution in [-0.2, 0) is 24.4 Å². The standard InChI is InChI=1S/C20H25N3O2/c24-19(16-23-13-5-2-6-20(23)25)21-14-17-7-9-18(10-8-17)15-22-11-3-1-4-12-22/h2,5-10,13H,1,3-4,11-12,14-16H2,(H,21,24). The second-order valence-corrected chi connectivity index (χ2v) is 6.60. The zero-order valence-electron chi connectivity index (χ0n) is 14.5. The van der Waals surface area contributed by atoms with Gasteiger partial charge in [-0.3, -0.25) is 14.5 Å². The number of rotatable bonds is 6. The van der Waals surface area contributed by atoms with Gasteiger partial charge in [0.05, 0.1) is 0 Å². The van der Waals surface area contributed by atoms with Crippen molar-refractivity contribution in [2.45, 2.75) is 38.9 Å². The van der Waals surface area contributed by atoms with Crippen molar-refractivity contribution in [3.8, 4) is 0 Å². The lowest BCUT2D eigenvalue weighted by Gasteiger charge is -2.26. The normalized spacial score (nSPS) is 15.0. The third kappa shape index (κ3) is 5.29. The molecule has 0 saturated carbocycles. The van der Waals surface area contributed by atoms with E-state index in [0.29, 0.717) is 6.54 Å². The molecule has 0 spiro atoms. The summed E-state index contributed by atoms with van der Waals surface area (Å²) < 4.78 is 1.40. The Bertz CT molecular complexity index is 746. The van der Waals surface area contributed by atoms with E-state index in [-0.39, 0.29) is 18.0 Å². The highest BCUT2D eigenvalue weighted by Gasteiger charge is 2.10. The molecule has 0 atom stereocenters. The predicted octanol–water partition coefficient (Wildman–Crippen LogP) is 2.15. The number of amides is 1. The Morgan fingerprint density at radius 1 is 0.960 bits per heavy atom. The molecule has 0 radical (unpaired) electrons. The van der Waals surface area contributed by atoms with Crippen LogP contribution < -0.4 is 10.9 Å². The molecule has 1 aromatic heterocycles. The molecule has 1 saturated heterocycles. The summed E-state index contributed by atoms with van der Waals surface area (Å²) >= 11 is 0. The van der Waals surface area contributed by atoms with Crippen LogP contribution >= 0.6 is 0 Å². The maximum Gasteiger partial charge on any atom is 0.250 e. The number of carbonyl (C=O) groups excluding carboxylic acids is 1. The topological polar surface area (TPSA) is 54.3 Å². The fraction of sp³-hybridized carbons (Fsp3) is 0.400. The lowest BCUT2D eigenvalue weighted by Crippen LogP contribution is -2.31. The van der Waals surface area contributed by atoms with Crippen molar-refractivity contribution in [2.75, 3.05) is 13.1 Å². The number of aromatic nitrogens is 1. The number of hydrogen-bond donors (Lipinski definition) is 1. The first-order valence-corrected chi connectivity index (χ1v) is 8.93. The lowest BCUT2D eigenvalue weighted by atomic mass is 10.1. The van der Waals surface area contributed by atoms with Crippen LogP contribution in [0.15, 0.2) is 53.5 Å². The molecule has 2 heterocycles. The van der Waals surface area contributed by atoms with Gasteiger partial charge < -0.3 is 9.88 Å². The van der Waals surface area contributed by atoms with Gasteiger partial charge in [0.15, 0.2) is 0 Å². The third-order valence-corrected chi connectivity index (χ3v) is 4.58. The fourth-order valence-corrected chi connectivity index (χ4v) is 3.14. The fourth-order valence-electron chi connectivity index (χ4n) is 3.14. The number of nitrogens with zero attached hydrogens (tertiary/aromatic N) is 2. The minimum Gasteiger partial charge on any atom is -0.350 e. The maximum absolute atomic E-state index is 12.0. The summed E-state index contributed by atoms with van der Waals surface area (Å²) in [6, 6.07) is 13.3. The molecule has 0 aliphatic carbocycles. The van der Waals surface area contributed by atoms with Gasteiger partial charge in [0.25, 0.3) is 5.56 Å². The lowest BCUT2D eigenvalue weighted by molar-refractivity contribution is -0.121. The summed E-state index contributed by atoms with van der Waals surface area (Å²) in [7, 11) is 0. The minimum absolute atomic E-state index is 0.0483. The van der Waals surface area contributed by atoms with Gasteiger partial charge in [0.1, 0.15) is 6.54 Å². The van der Waals surface area contributed by atoms with E-state index in [1.54, 1.807) is 18.3 Å². The van der Waals surface area contributed by atoms with E-state index >= 15 is 0 Å². The SMILES string of the molecule is O=C(Cn1ccccc1=O)NCc1ccc(CN2CCCCC2)cc1. The van der Waals surface area contributed by atoms with Gasteiger partial charge in [-0.05, 0) is 43.1 Å². The summed E-state index contributed by atoms with van der Waals surface area (Å²) in [6.07, 6.45) is 5.57. The van der Waals surface area contributed by atoms with Crippen LogP contribution in [0.5, 0.6) is 0 Å². The van der Waals surface area contributed by atoms with E-state index in [2.05, 4.69) is 34.5 Å². The molecule has 0 unspecified atom stereocenters. The Morgan fingerprint density at radius 3 is 2.40 bits per heavy atom. The van der Waals surface area contributed by atoms with Crippen LogP contribution in [0.3, 0.4) is 0 Å². The van der Waals surface area contributed by atoms with Crippen LogP contribution in [0.4, 0.5) is 0 Å². The Morgan fingerprint density at radius 2 is 1.68 bits per heavy atom. The zero-order valence-corrected chi connectivity index (χ0v) is 14.5. The first kappa shape index (κ1) is 17.4. The summed E-state index contributed by atoms with van der Waals surface area (Å²) in [5.41, 5.74) is 2.21. The van der Waals surface area contributed by atoms with E-state index < -0.39 is 0 Å². The van der Waals surface area contributed by atoms with Crippen molar-refractivity contribution in [3.05, 3.63) is 70.1 Å². The van der Waals surface area contributed by atoms with Gasteiger partial charge in [0, 0.05) is 25.4 Å². The quantitative estimate of drug-likeness (QED) is 0.877. The van der Waals surface area contributed by atoms with Crippen molar-refractivity contribution in [2.24, 2.45) is 0 Å². The number of nitrogens with one attached hydrogen (secondary N) is 1. The van der Waals surface area contributed by atoms with Gasteiger partial charge in [-0.1, -0.05) is 36.8 Å². The van der Waals surface area contributed by atoms with Crippen LogP contribution in [0.25, 0.3) is 0 Å². The molecule has 1 aliphatic rings. The van der Waals surface area contributed by atoms with Gasteiger partial charge >= 0.3 is 0 Å². The Hall–Kier alpha value is -2.40. The molecule has 1 aromatic carbocycles. The smallest absolute Gasteiger partial charge is 0.250 e. The molecule has 1 fully saturated rings. The van der Waals surface area contributed by atoms with Crippen molar-refractivity contribution >= 4 is 5.91 Å². The number of hydrogen-bond acceptors (Lipinski definition) is 3. The van der Waals surface area contributed by atoms with E-state index in [0.717, 1.165) is 12.1 Å². The Kier molecular flexibility index (Phi) is 6.01. The highest BCUT2D eigenvalue weighted by molar-refractivity contribution is 5.75. The Labute approximate surface area is 148 Å². The van der Waals surface area contributed by atoms with Crippen LogP contribution in [0.2, 0.25) is 0 Å². The molecule has 1 amide bonds. The molecule has 1 aliphatic heterocycles. The molecule has 25 heavy (non-hydrogen) atoms. The van der Waals surface area contributed by atoms with E-state index in [1.807, 2.05) is 0 Å². The van der Waals surface area contributed by atoms with E-state index in [4.69, 9.17) is 0 Å². The van der Waals surface area contributed by atoms with Gasteiger partial charge in [0.2, 0.25) is 5.91 Å². The monoisotopic (exact) mass is 339 g/mol. The van der Waals surface area contributed by atoms with Gasteiger partial charge in [-0.25, -0.2) is 0 Å². The second kappa shape index (κ2) is 8.62. The van der Waals surface area contributed by atoms with E-state index in [1.165, 1.54) is 48.5 Å². The molecule has 5 heteroatoms. The van der Waals surface area contributed by atoms with Crippen LogP contribution in [0, 0.1) is 0 Å². The van der Waals surface area contributed by atoms with Crippen LogP contribution in [0.1, 0.15) is 30.4 Å². The van der Waals surface area contributed by atoms with Gasteiger partial charge in [-0.2, -0.15) is 0 Å². The molecule has 132 valence electrons. The maximum atomic E-state index is 12.0. The Balaban J connectivity index is 1.47. The second-order valence-electron chi connectivity index (χ2n) is 6.60. The zero-order chi connectivity index (χ0) is 17.5. The number of piperidine rings is 1. The summed E-state index contributed by atoms with van der Waals surface area (Å²) in [5.74, 6) is -0.161. The van der Waals surface area contributed by atoms with Crippen molar-refractivity contribution in [3.63, 3.8) is 0 Å². The number of benzene rings is 1. The molecule has 1 N–H and O–H groups in total. The van der Waals surface area contributed by atoms with Crippen LogP contribution in [-0.4, -0.2) is 28.5 Å². The number of carbonyl (C=O) groups is 1. The minimum atomic E-state index is -0.167. The summed E-state index contributed by atoms with van der Waals surface area (Å²) in [6.45, 7) is 3.91. The highest BCUT2D eigenvalue weighted by atomic mass is 16.2.